The summed E-state index contributed by atoms with van der Waals surface area (Å²) >= 11 is 0. The Morgan fingerprint density at radius 3 is 2.35 bits per heavy atom. The number of nitrogens with zero attached hydrogens (tertiary/aromatic N) is 3. The molecule has 0 bridgehead atoms. The van der Waals surface area contributed by atoms with E-state index in [0.29, 0.717) is 6.61 Å². The van der Waals surface area contributed by atoms with E-state index < -0.39 is 5.66 Å². The second-order valence-electron chi connectivity index (χ2n) is 6.56. The maximum atomic E-state index is 5.90. The Hall–Kier alpha value is -1.60. The molecule has 0 aliphatic carbocycles. The van der Waals surface area contributed by atoms with Crippen LogP contribution in [-0.2, 0) is 10.3 Å². The monoisotopic (exact) mass is 383 g/mol. The van der Waals surface area contributed by atoms with E-state index in [9.17, 15) is 0 Å². The van der Waals surface area contributed by atoms with Gasteiger partial charge >= 0.3 is 0 Å². The number of guanidine groups is 2. The lowest BCUT2D eigenvalue weighted by Gasteiger charge is -2.37. The first-order valence-electron chi connectivity index (χ1n) is 7.40. The van der Waals surface area contributed by atoms with Gasteiger partial charge in [0.2, 0.25) is 11.9 Å². The summed E-state index contributed by atoms with van der Waals surface area (Å²) in [4.78, 5) is 14.0. The standard InChI is InChI=1S/C16H25N5O.BrH/c1-15(2,12-8-6-5-7-9-12)10-11-22-21-14(18)19-13(17)20-16(21,3)4;/h5-9H,10-11H2,1-4H3,(H4,17,18,19,20);1H. The zero-order valence-corrected chi connectivity index (χ0v) is 15.8. The van der Waals surface area contributed by atoms with E-state index in [2.05, 4.69) is 36.0 Å². The van der Waals surface area contributed by atoms with Crippen LogP contribution in [0.2, 0.25) is 0 Å². The summed E-state index contributed by atoms with van der Waals surface area (Å²) in [5.74, 6) is 0.405. The van der Waals surface area contributed by atoms with Crippen molar-refractivity contribution in [3.63, 3.8) is 0 Å². The van der Waals surface area contributed by atoms with Crippen molar-refractivity contribution in [2.75, 3.05) is 6.61 Å². The average molecular weight is 384 g/mol. The Labute approximate surface area is 148 Å². The SMILES string of the molecule is Br.CC(C)(CCON1C(N)=NC(N)=NC1(C)C)c1ccccc1. The first kappa shape index (κ1) is 19.4. The van der Waals surface area contributed by atoms with Crippen LogP contribution in [0.15, 0.2) is 40.3 Å². The summed E-state index contributed by atoms with van der Waals surface area (Å²) in [5.41, 5.74) is 12.2. The predicted molar refractivity (Wildman–Crippen MR) is 99.5 cm³/mol. The summed E-state index contributed by atoms with van der Waals surface area (Å²) in [6.07, 6.45) is 0.843. The van der Waals surface area contributed by atoms with E-state index in [0.717, 1.165) is 6.42 Å². The molecular formula is C16H26BrN5O. The lowest BCUT2D eigenvalue weighted by molar-refractivity contribution is -0.160. The number of hydrogen-bond donors (Lipinski definition) is 2. The molecule has 128 valence electrons. The topological polar surface area (TPSA) is 89.2 Å². The van der Waals surface area contributed by atoms with Gasteiger partial charge in [0.15, 0.2) is 5.66 Å². The van der Waals surface area contributed by atoms with E-state index in [-0.39, 0.29) is 34.3 Å². The molecule has 0 unspecified atom stereocenters. The van der Waals surface area contributed by atoms with Crippen LogP contribution in [0.25, 0.3) is 0 Å². The summed E-state index contributed by atoms with van der Waals surface area (Å²) in [7, 11) is 0. The predicted octanol–water partition coefficient (Wildman–Crippen LogP) is 2.54. The Morgan fingerprint density at radius 2 is 1.78 bits per heavy atom. The number of hydroxylamine groups is 2. The molecule has 1 aromatic rings. The molecule has 23 heavy (non-hydrogen) atoms. The minimum absolute atomic E-state index is 0. The van der Waals surface area contributed by atoms with Gasteiger partial charge < -0.3 is 11.5 Å². The molecule has 0 saturated carbocycles. The first-order valence-corrected chi connectivity index (χ1v) is 7.40. The third kappa shape index (κ3) is 4.68. The summed E-state index contributed by atoms with van der Waals surface area (Å²) in [6.45, 7) is 8.66. The van der Waals surface area contributed by atoms with Crippen LogP contribution >= 0.6 is 17.0 Å². The Morgan fingerprint density at radius 1 is 1.17 bits per heavy atom. The minimum Gasteiger partial charge on any atom is -0.368 e. The fourth-order valence-corrected chi connectivity index (χ4v) is 2.44. The largest absolute Gasteiger partial charge is 0.368 e. The van der Waals surface area contributed by atoms with Crippen molar-refractivity contribution in [1.82, 2.24) is 5.06 Å². The Bertz CT molecular complexity index is 583. The number of hydrogen-bond acceptors (Lipinski definition) is 6. The van der Waals surface area contributed by atoms with Crippen molar-refractivity contribution in [2.45, 2.75) is 45.2 Å². The number of rotatable bonds is 5. The van der Waals surface area contributed by atoms with Crippen molar-refractivity contribution in [2.24, 2.45) is 21.5 Å². The average Bonchev–Trinajstić information content (AvgIpc) is 2.42. The van der Waals surface area contributed by atoms with Crippen LogP contribution < -0.4 is 11.5 Å². The summed E-state index contributed by atoms with van der Waals surface area (Å²) < 4.78 is 0. The summed E-state index contributed by atoms with van der Waals surface area (Å²) in [6, 6.07) is 10.4. The van der Waals surface area contributed by atoms with Crippen LogP contribution in [-0.4, -0.2) is 29.3 Å². The molecule has 2 rings (SSSR count). The third-order valence-electron chi connectivity index (χ3n) is 3.83. The van der Waals surface area contributed by atoms with Gasteiger partial charge in [-0.15, -0.1) is 17.0 Å². The molecule has 1 aromatic carbocycles. The van der Waals surface area contributed by atoms with Crippen LogP contribution in [0, 0.1) is 0 Å². The van der Waals surface area contributed by atoms with Gasteiger partial charge in [-0.25, -0.2) is 4.99 Å². The summed E-state index contributed by atoms with van der Waals surface area (Å²) in [5, 5.41) is 1.52. The highest BCUT2D eigenvalue weighted by Gasteiger charge is 2.33. The molecule has 7 heteroatoms. The minimum atomic E-state index is -0.660. The van der Waals surface area contributed by atoms with Crippen LogP contribution in [0.4, 0.5) is 0 Å². The highest BCUT2D eigenvalue weighted by Crippen LogP contribution is 2.27. The molecule has 1 aliphatic heterocycles. The molecule has 0 aromatic heterocycles. The van der Waals surface area contributed by atoms with Gasteiger partial charge in [0.25, 0.3) is 0 Å². The zero-order valence-electron chi connectivity index (χ0n) is 14.1. The fourth-order valence-electron chi connectivity index (χ4n) is 2.44. The van der Waals surface area contributed by atoms with E-state index in [1.54, 1.807) is 0 Å². The van der Waals surface area contributed by atoms with Gasteiger partial charge in [0.1, 0.15) is 0 Å². The molecular weight excluding hydrogens is 358 g/mol. The Kier molecular flexibility index (Phi) is 6.18. The molecule has 0 amide bonds. The van der Waals surface area contributed by atoms with Crippen molar-refractivity contribution in [3.8, 4) is 0 Å². The van der Waals surface area contributed by atoms with E-state index in [1.165, 1.54) is 10.6 Å². The van der Waals surface area contributed by atoms with Gasteiger partial charge in [-0.05, 0) is 31.2 Å². The number of aliphatic imine (C=N–C) groups is 2. The third-order valence-corrected chi connectivity index (χ3v) is 3.83. The van der Waals surface area contributed by atoms with Crippen LogP contribution in [0.5, 0.6) is 0 Å². The maximum absolute atomic E-state index is 5.90. The fraction of sp³-hybridized carbons (Fsp3) is 0.500. The quantitative estimate of drug-likeness (QED) is 0.817. The second kappa shape index (κ2) is 7.31. The normalized spacial score (nSPS) is 17.1. The van der Waals surface area contributed by atoms with Crippen molar-refractivity contribution in [1.29, 1.82) is 0 Å². The molecule has 0 atom stereocenters. The molecule has 1 aliphatic rings. The van der Waals surface area contributed by atoms with E-state index >= 15 is 0 Å². The molecule has 0 fully saturated rings. The van der Waals surface area contributed by atoms with E-state index in [1.807, 2.05) is 32.0 Å². The van der Waals surface area contributed by atoms with Crippen LogP contribution in [0.1, 0.15) is 39.7 Å². The van der Waals surface area contributed by atoms with Crippen LogP contribution in [0.3, 0.4) is 0 Å². The molecule has 6 nitrogen and oxygen atoms in total. The number of nitrogens with two attached hydrogens (primary N) is 2. The zero-order chi connectivity index (χ0) is 16.4. The molecule has 0 radical (unpaired) electrons. The molecule has 0 saturated heterocycles. The highest BCUT2D eigenvalue weighted by atomic mass is 79.9. The van der Waals surface area contributed by atoms with Gasteiger partial charge in [-0.1, -0.05) is 44.2 Å². The van der Waals surface area contributed by atoms with Crippen molar-refractivity contribution in [3.05, 3.63) is 35.9 Å². The van der Waals surface area contributed by atoms with Gasteiger partial charge in [-0.2, -0.15) is 10.1 Å². The number of halogens is 1. The lowest BCUT2D eigenvalue weighted by atomic mass is 9.82. The highest BCUT2D eigenvalue weighted by molar-refractivity contribution is 8.93. The van der Waals surface area contributed by atoms with Gasteiger partial charge in [0.05, 0.1) is 6.61 Å². The van der Waals surface area contributed by atoms with Crippen molar-refractivity contribution < 1.29 is 4.84 Å². The molecule has 1 heterocycles. The molecule has 0 spiro atoms. The van der Waals surface area contributed by atoms with Crippen molar-refractivity contribution >= 4 is 28.9 Å². The number of benzene rings is 1. The van der Waals surface area contributed by atoms with Gasteiger partial charge in [0, 0.05) is 0 Å². The second-order valence-corrected chi connectivity index (χ2v) is 6.56. The van der Waals surface area contributed by atoms with Gasteiger partial charge in [-0.3, -0.25) is 4.84 Å². The van der Waals surface area contributed by atoms with E-state index in [4.69, 9.17) is 16.3 Å². The Balaban J connectivity index is 0.00000264. The maximum Gasteiger partial charge on any atom is 0.226 e. The smallest absolute Gasteiger partial charge is 0.226 e. The first-order chi connectivity index (χ1) is 10.2. The molecule has 4 N–H and O–H groups in total. The lowest BCUT2D eigenvalue weighted by Crippen LogP contribution is -2.54.